The van der Waals surface area contributed by atoms with Crippen LogP contribution in [0.3, 0.4) is 0 Å². The lowest BCUT2D eigenvalue weighted by molar-refractivity contribution is 0.392. The van der Waals surface area contributed by atoms with E-state index in [1.165, 1.54) is 11.1 Å². The van der Waals surface area contributed by atoms with Crippen LogP contribution >= 0.6 is 0 Å². The molecule has 2 rings (SSSR count). The van der Waals surface area contributed by atoms with Gasteiger partial charge in [0.1, 0.15) is 11.5 Å². The van der Waals surface area contributed by atoms with Gasteiger partial charge in [0.15, 0.2) is 0 Å². The van der Waals surface area contributed by atoms with Crippen LogP contribution in [0.15, 0.2) is 42.5 Å². The Bertz CT molecular complexity index is 573. The first kappa shape index (κ1) is 15.4. The number of hydrogen-bond acceptors (Lipinski definition) is 3. The number of rotatable bonds is 6. The monoisotopic (exact) mass is 285 g/mol. The summed E-state index contributed by atoms with van der Waals surface area (Å²) in [6.07, 6.45) is 1.86. The lowest BCUT2D eigenvalue weighted by Crippen LogP contribution is -2.12. The van der Waals surface area contributed by atoms with E-state index in [0.717, 1.165) is 29.9 Å². The minimum absolute atomic E-state index is 0.0337. The summed E-state index contributed by atoms with van der Waals surface area (Å²) in [5, 5.41) is 0. The molecule has 3 heteroatoms. The van der Waals surface area contributed by atoms with Gasteiger partial charge in [0.05, 0.1) is 14.2 Å². The molecule has 0 aliphatic rings. The first-order valence-corrected chi connectivity index (χ1v) is 7.17. The third kappa shape index (κ3) is 3.99. The Kier molecular flexibility index (Phi) is 5.23. The Morgan fingerprint density at radius 2 is 1.62 bits per heavy atom. The summed E-state index contributed by atoms with van der Waals surface area (Å²) in [7, 11) is 3.30. The van der Waals surface area contributed by atoms with E-state index in [1.807, 2.05) is 18.2 Å². The van der Waals surface area contributed by atoms with Gasteiger partial charge in [-0.3, -0.25) is 0 Å². The molecule has 0 saturated carbocycles. The second kappa shape index (κ2) is 7.14. The van der Waals surface area contributed by atoms with Crippen LogP contribution in [0.4, 0.5) is 0 Å². The van der Waals surface area contributed by atoms with Crippen molar-refractivity contribution < 1.29 is 9.47 Å². The molecule has 0 aliphatic carbocycles. The van der Waals surface area contributed by atoms with Crippen molar-refractivity contribution in [1.29, 1.82) is 0 Å². The van der Waals surface area contributed by atoms with Gasteiger partial charge in [-0.05, 0) is 48.6 Å². The fourth-order valence-electron chi connectivity index (χ4n) is 2.41. The largest absolute Gasteiger partial charge is 0.497 e. The van der Waals surface area contributed by atoms with Gasteiger partial charge in [-0.15, -0.1) is 0 Å². The molecule has 112 valence electrons. The molecule has 0 amide bonds. The van der Waals surface area contributed by atoms with E-state index >= 15 is 0 Å². The van der Waals surface area contributed by atoms with E-state index in [2.05, 4.69) is 31.2 Å². The SMILES string of the molecule is COc1cc(OC)cc(C(N)CCc2ccccc2C)c1. The zero-order valence-electron chi connectivity index (χ0n) is 12.9. The molecule has 0 heterocycles. The first-order chi connectivity index (χ1) is 10.1. The van der Waals surface area contributed by atoms with Gasteiger partial charge in [0.2, 0.25) is 0 Å². The highest BCUT2D eigenvalue weighted by atomic mass is 16.5. The summed E-state index contributed by atoms with van der Waals surface area (Å²) in [6, 6.07) is 14.2. The molecule has 0 fully saturated rings. The zero-order chi connectivity index (χ0) is 15.2. The number of methoxy groups -OCH3 is 2. The molecule has 21 heavy (non-hydrogen) atoms. The van der Waals surface area contributed by atoms with Crippen LogP contribution < -0.4 is 15.2 Å². The van der Waals surface area contributed by atoms with Crippen LogP contribution in [-0.4, -0.2) is 14.2 Å². The summed E-state index contributed by atoms with van der Waals surface area (Å²) in [5.41, 5.74) is 10.0. The molecule has 2 aromatic carbocycles. The van der Waals surface area contributed by atoms with Gasteiger partial charge in [-0.25, -0.2) is 0 Å². The highest BCUT2D eigenvalue weighted by Gasteiger charge is 2.10. The van der Waals surface area contributed by atoms with Crippen LogP contribution in [0.1, 0.15) is 29.2 Å². The normalized spacial score (nSPS) is 12.0. The van der Waals surface area contributed by atoms with Crippen molar-refractivity contribution in [3.8, 4) is 11.5 Å². The zero-order valence-corrected chi connectivity index (χ0v) is 12.9. The molecule has 3 nitrogen and oxygen atoms in total. The second-order valence-corrected chi connectivity index (χ2v) is 5.22. The van der Waals surface area contributed by atoms with Crippen molar-refractivity contribution in [3.63, 3.8) is 0 Å². The molecule has 0 radical (unpaired) electrons. The lowest BCUT2D eigenvalue weighted by Gasteiger charge is -2.15. The Hall–Kier alpha value is -2.00. The molecular formula is C18H23NO2. The lowest BCUT2D eigenvalue weighted by atomic mass is 9.97. The van der Waals surface area contributed by atoms with E-state index in [-0.39, 0.29) is 6.04 Å². The van der Waals surface area contributed by atoms with Crippen LogP contribution in [0, 0.1) is 6.92 Å². The molecular weight excluding hydrogens is 262 g/mol. The third-order valence-electron chi connectivity index (χ3n) is 3.79. The smallest absolute Gasteiger partial charge is 0.122 e. The summed E-state index contributed by atoms with van der Waals surface area (Å²) < 4.78 is 10.6. The molecule has 2 N–H and O–H groups in total. The van der Waals surface area contributed by atoms with E-state index in [9.17, 15) is 0 Å². The van der Waals surface area contributed by atoms with Gasteiger partial charge < -0.3 is 15.2 Å². The quantitative estimate of drug-likeness (QED) is 0.881. The average molecular weight is 285 g/mol. The summed E-state index contributed by atoms with van der Waals surface area (Å²) >= 11 is 0. The fraction of sp³-hybridized carbons (Fsp3) is 0.333. The molecule has 1 unspecified atom stereocenters. The van der Waals surface area contributed by atoms with Crippen LogP contribution in [0.2, 0.25) is 0 Å². The summed E-state index contributed by atoms with van der Waals surface area (Å²) in [5.74, 6) is 1.55. The predicted octanol–water partition coefficient (Wildman–Crippen LogP) is 3.64. The third-order valence-corrected chi connectivity index (χ3v) is 3.79. The van der Waals surface area contributed by atoms with Crippen LogP contribution in [-0.2, 0) is 6.42 Å². The average Bonchev–Trinajstić information content (AvgIpc) is 2.53. The maximum absolute atomic E-state index is 6.33. The van der Waals surface area contributed by atoms with Gasteiger partial charge in [-0.2, -0.15) is 0 Å². The van der Waals surface area contributed by atoms with Crippen molar-refractivity contribution in [1.82, 2.24) is 0 Å². The highest BCUT2D eigenvalue weighted by Crippen LogP contribution is 2.27. The van der Waals surface area contributed by atoms with E-state index in [4.69, 9.17) is 15.2 Å². The van der Waals surface area contributed by atoms with E-state index < -0.39 is 0 Å². The molecule has 0 aromatic heterocycles. The number of ether oxygens (including phenoxy) is 2. The topological polar surface area (TPSA) is 44.5 Å². The first-order valence-electron chi connectivity index (χ1n) is 7.17. The maximum atomic E-state index is 6.33. The Morgan fingerprint density at radius 1 is 1.00 bits per heavy atom. The Labute approximate surface area is 126 Å². The Balaban J connectivity index is 2.09. The van der Waals surface area contributed by atoms with Gasteiger partial charge >= 0.3 is 0 Å². The minimum Gasteiger partial charge on any atom is -0.497 e. The van der Waals surface area contributed by atoms with E-state index in [1.54, 1.807) is 14.2 Å². The molecule has 0 aliphatic heterocycles. The standard InChI is InChI=1S/C18H23NO2/c1-13-6-4-5-7-14(13)8-9-18(19)15-10-16(20-2)12-17(11-15)21-3/h4-7,10-12,18H,8-9,19H2,1-3H3. The van der Waals surface area contributed by atoms with Gasteiger partial charge in [0.25, 0.3) is 0 Å². The van der Waals surface area contributed by atoms with Crippen molar-refractivity contribution in [3.05, 3.63) is 59.2 Å². The summed E-state index contributed by atoms with van der Waals surface area (Å²) in [6.45, 7) is 2.13. The molecule has 0 spiro atoms. The number of nitrogens with two attached hydrogens (primary N) is 1. The molecule has 1 atom stereocenters. The highest BCUT2D eigenvalue weighted by molar-refractivity contribution is 5.40. The minimum atomic E-state index is -0.0337. The van der Waals surface area contributed by atoms with Crippen molar-refractivity contribution in [2.75, 3.05) is 14.2 Å². The number of benzene rings is 2. The van der Waals surface area contributed by atoms with Crippen molar-refractivity contribution in [2.45, 2.75) is 25.8 Å². The predicted molar refractivity (Wildman–Crippen MR) is 86.0 cm³/mol. The molecule has 2 aromatic rings. The van der Waals surface area contributed by atoms with Crippen LogP contribution in [0.5, 0.6) is 11.5 Å². The maximum Gasteiger partial charge on any atom is 0.122 e. The summed E-state index contributed by atoms with van der Waals surface area (Å²) in [4.78, 5) is 0. The molecule has 0 bridgehead atoms. The van der Waals surface area contributed by atoms with Crippen LogP contribution in [0.25, 0.3) is 0 Å². The second-order valence-electron chi connectivity index (χ2n) is 5.22. The van der Waals surface area contributed by atoms with Gasteiger partial charge in [-0.1, -0.05) is 24.3 Å². The van der Waals surface area contributed by atoms with Crippen molar-refractivity contribution in [2.24, 2.45) is 5.73 Å². The van der Waals surface area contributed by atoms with E-state index in [0.29, 0.717) is 0 Å². The number of hydrogen-bond donors (Lipinski definition) is 1. The fourth-order valence-corrected chi connectivity index (χ4v) is 2.41. The van der Waals surface area contributed by atoms with Gasteiger partial charge in [0, 0.05) is 12.1 Å². The van der Waals surface area contributed by atoms with Crippen molar-refractivity contribution >= 4 is 0 Å². The number of aryl methyl sites for hydroxylation is 2. The molecule has 0 saturated heterocycles. The Morgan fingerprint density at radius 3 is 2.19 bits per heavy atom.